The molecule has 3 heterocycles. The molecule has 0 fully saturated rings. The second-order valence-electron chi connectivity index (χ2n) is 7.38. The van der Waals surface area contributed by atoms with E-state index in [0.29, 0.717) is 17.0 Å². The molecule has 6 nitrogen and oxygen atoms in total. The second kappa shape index (κ2) is 6.77. The van der Waals surface area contributed by atoms with E-state index in [9.17, 15) is 18.4 Å². The average molecular weight is 409 g/mol. The zero-order valence-corrected chi connectivity index (χ0v) is 16.0. The molecule has 2 N–H and O–H groups in total. The van der Waals surface area contributed by atoms with Crippen LogP contribution in [0, 0.1) is 11.6 Å². The van der Waals surface area contributed by atoms with E-state index >= 15 is 0 Å². The van der Waals surface area contributed by atoms with E-state index in [0.717, 1.165) is 23.0 Å². The molecular weight excluding hydrogens is 392 g/mol. The standard InChI is InChI=1S/C22H17F2N3O3/c1-27(22(29)17-6-11-4-2-3-5-16(11)25-17)19-10-30-9-18-20(19)12-7-14(23)15(24)8-13(12)21(28)26-18/h2-8,19,25H,9-10H2,1H3,(H,26,28)/t19-/m1/s1. The van der Waals surface area contributed by atoms with Gasteiger partial charge in [-0.15, -0.1) is 0 Å². The quantitative estimate of drug-likeness (QED) is 0.531. The molecule has 0 spiro atoms. The summed E-state index contributed by atoms with van der Waals surface area (Å²) < 4.78 is 33.4. The Bertz CT molecular complexity index is 1340. The first-order chi connectivity index (χ1) is 14.4. The van der Waals surface area contributed by atoms with Crippen LogP contribution < -0.4 is 5.56 Å². The summed E-state index contributed by atoms with van der Waals surface area (Å²) in [7, 11) is 1.62. The third-order valence-electron chi connectivity index (χ3n) is 5.59. The van der Waals surface area contributed by atoms with E-state index in [1.54, 1.807) is 13.1 Å². The molecule has 1 aliphatic rings. The molecule has 1 amide bonds. The van der Waals surface area contributed by atoms with Gasteiger partial charge in [0.25, 0.3) is 11.5 Å². The lowest BCUT2D eigenvalue weighted by atomic mass is 9.95. The number of amides is 1. The van der Waals surface area contributed by atoms with Crippen LogP contribution in [-0.4, -0.2) is 34.4 Å². The first kappa shape index (κ1) is 18.5. The van der Waals surface area contributed by atoms with Gasteiger partial charge >= 0.3 is 0 Å². The van der Waals surface area contributed by atoms with Gasteiger partial charge in [-0.1, -0.05) is 18.2 Å². The number of H-pyrrole nitrogens is 2. The number of ether oxygens (including phenoxy) is 1. The number of carbonyl (C=O) groups is 1. The van der Waals surface area contributed by atoms with Crippen LogP contribution in [-0.2, 0) is 11.3 Å². The summed E-state index contributed by atoms with van der Waals surface area (Å²) in [6.45, 7) is 0.278. The van der Waals surface area contributed by atoms with Crippen molar-refractivity contribution in [3.05, 3.63) is 81.4 Å². The van der Waals surface area contributed by atoms with Gasteiger partial charge in [0.1, 0.15) is 5.69 Å². The molecule has 152 valence electrons. The minimum absolute atomic E-state index is 0.0333. The predicted octanol–water partition coefficient (Wildman–Crippen LogP) is 3.63. The number of aromatic nitrogens is 2. The highest BCUT2D eigenvalue weighted by atomic mass is 19.2. The molecule has 0 unspecified atom stereocenters. The molecule has 1 atom stereocenters. The third kappa shape index (κ3) is 2.80. The van der Waals surface area contributed by atoms with E-state index < -0.39 is 23.2 Å². The number of aromatic amines is 2. The average Bonchev–Trinajstić information content (AvgIpc) is 3.18. The summed E-state index contributed by atoms with van der Waals surface area (Å²) in [6.07, 6.45) is 0. The van der Waals surface area contributed by atoms with Crippen molar-refractivity contribution in [3.63, 3.8) is 0 Å². The number of carbonyl (C=O) groups excluding carboxylic acids is 1. The van der Waals surface area contributed by atoms with Crippen LogP contribution in [0.25, 0.3) is 21.7 Å². The Morgan fingerprint density at radius 3 is 2.60 bits per heavy atom. The number of pyridine rings is 1. The normalized spacial score (nSPS) is 16.0. The lowest BCUT2D eigenvalue weighted by Crippen LogP contribution is -2.37. The smallest absolute Gasteiger partial charge is 0.270 e. The van der Waals surface area contributed by atoms with Crippen molar-refractivity contribution >= 4 is 27.6 Å². The molecule has 4 aromatic rings. The SMILES string of the molecule is CN(C(=O)c1cc2ccccc2[nH]1)[C@@H]1COCc2[nH]c(=O)c3cc(F)c(F)cc3c21. The fourth-order valence-corrected chi connectivity index (χ4v) is 4.07. The molecule has 0 radical (unpaired) electrons. The molecular formula is C22H17F2N3O3. The number of hydrogen-bond acceptors (Lipinski definition) is 3. The van der Waals surface area contributed by atoms with Gasteiger partial charge in [-0.3, -0.25) is 9.59 Å². The summed E-state index contributed by atoms with van der Waals surface area (Å²) >= 11 is 0. The number of halogens is 2. The molecule has 2 aromatic carbocycles. The molecule has 0 saturated heterocycles. The highest BCUT2D eigenvalue weighted by Gasteiger charge is 2.32. The number of rotatable bonds is 2. The molecule has 30 heavy (non-hydrogen) atoms. The van der Waals surface area contributed by atoms with Crippen molar-refractivity contribution in [2.24, 2.45) is 0 Å². The van der Waals surface area contributed by atoms with Crippen molar-refractivity contribution in [2.75, 3.05) is 13.7 Å². The Labute approximate surface area is 169 Å². The van der Waals surface area contributed by atoms with Crippen molar-refractivity contribution in [3.8, 4) is 0 Å². The van der Waals surface area contributed by atoms with Crippen LogP contribution in [0.1, 0.15) is 27.8 Å². The van der Waals surface area contributed by atoms with E-state index in [4.69, 9.17) is 4.74 Å². The van der Waals surface area contributed by atoms with Crippen LogP contribution in [0.5, 0.6) is 0 Å². The largest absolute Gasteiger partial charge is 0.373 e. The summed E-state index contributed by atoms with van der Waals surface area (Å²) in [5, 5.41) is 1.21. The Balaban J connectivity index is 1.63. The molecule has 0 saturated carbocycles. The summed E-state index contributed by atoms with van der Waals surface area (Å²) in [4.78, 5) is 32.8. The zero-order valence-electron chi connectivity index (χ0n) is 16.0. The fraction of sp³-hybridized carbons (Fsp3) is 0.182. The maximum atomic E-state index is 14.0. The third-order valence-corrected chi connectivity index (χ3v) is 5.59. The molecule has 5 rings (SSSR count). The maximum absolute atomic E-state index is 14.0. The molecule has 8 heteroatoms. The molecule has 2 aromatic heterocycles. The van der Waals surface area contributed by atoms with Crippen LogP contribution in [0.3, 0.4) is 0 Å². The highest BCUT2D eigenvalue weighted by Crippen LogP contribution is 2.34. The van der Waals surface area contributed by atoms with Crippen LogP contribution in [0.15, 0.2) is 47.3 Å². The van der Waals surface area contributed by atoms with Gasteiger partial charge in [-0.25, -0.2) is 8.78 Å². The summed E-state index contributed by atoms with van der Waals surface area (Å²) in [6, 6.07) is 10.6. The van der Waals surface area contributed by atoms with Crippen LogP contribution in [0.4, 0.5) is 8.78 Å². The predicted molar refractivity (Wildman–Crippen MR) is 107 cm³/mol. The number of hydrogen-bond donors (Lipinski definition) is 2. The van der Waals surface area contributed by atoms with Gasteiger partial charge in [0, 0.05) is 29.2 Å². The number of nitrogens with zero attached hydrogens (tertiary/aromatic N) is 1. The van der Waals surface area contributed by atoms with Gasteiger partial charge in [0.15, 0.2) is 11.6 Å². The van der Waals surface area contributed by atoms with E-state index in [1.807, 2.05) is 24.3 Å². The van der Waals surface area contributed by atoms with Crippen molar-refractivity contribution in [1.29, 1.82) is 0 Å². The van der Waals surface area contributed by atoms with E-state index in [2.05, 4.69) is 9.97 Å². The van der Waals surface area contributed by atoms with Crippen LogP contribution >= 0.6 is 0 Å². The number of likely N-dealkylation sites (N-methyl/N-ethyl adjacent to an activating group) is 1. The van der Waals surface area contributed by atoms with E-state index in [1.165, 1.54) is 4.90 Å². The number of nitrogens with one attached hydrogen (secondary N) is 2. The van der Waals surface area contributed by atoms with E-state index in [-0.39, 0.29) is 29.9 Å². The summed E-state index contributed by atoms with van der Waals surface area (Å²) in [5.41, 5.74) is 1.71. The zero-order chi connectivity index (χ0) is 21.0. The molecule has 0 aliphatic carbocycles. The second-order valence-corrected chi connectivity index (χ2v) is 7.38. The highest BCUT2D eigenvalue weighted by molar-refractivity contribution is 5.98. The van der Waals surface area contributed by atoms with Gasteiger partial charge in [-0.2, -0.15) is 0 Å². The van der Waals surface area contributed by atoms with Gasteiger partial charge in [0.05, 0.1) is 24.6 Å². The number of benzene rings is 2. The lowest BCUT2D eigenvalue weighted by molar-refractivity contribution is 0.0333. The minimum atomic E-state index is -1.10. The van der Waals surface area contributed by atoms with Crippen molar-refractivity contribution in [1.82, 2.24) is 14.9 Å². The first-order valence-corrected chi connectivity index (χ1v) is 9.40. The Kier molecular flexibility index (Phi) is 4.18. The fourth-order valence-electron chi connectivity index (χ4n) is 4.07. The maximum Gasteiger partial charge on any atom is 0.270 e. The first-order valence-electron chi connectivity index (χ1n) is 9.40. The van der Waals surface area contributed by atoms with Crippen LogP contribution in [0.2, 0.25) is 0 Å². The lowest BCUT2D eigenvalue weighted by Gasteiger charge is -2.33. The Morgan fingerprint density at radius 1 is 1.10 bits per heavy atom. The van der Waals surface area contributed by atoms with Crippen molar-refractivity contribution < 1.29 is 18.3 Å². The summed E-state index contributed by atoms with van der Waals surface area (Å²) in [5.74, 6) is -2.43. The number of fused-ring (bicyclic) bond motifs is 4. The van der Waals surface area contributed by atoms with Crippen molar-refractivity contribution in [2.45, 2.75) is 12.6 Å². The van der Waals surface area contributed by atoms with Gasteiger partial charge in [0.2, 0.25) is 0 Å². The Morgan fingerprint density at radius 2 is 1.83 bits per heavy atom. The minimum Gasteiger partial charge on any atom is -0.373 e. The monoisotopic (exact) mass is 409 g/mol. The molecule has 0 bridgehead atoms. The number of para-hydroxylation sites is 1. The molecule has 1 aliphatic heterocycles. The van der Waals surface area contributed by atoms with Gasteiger partial charge < -0.3 is 19.6 Å². The Hall–Kier alpha value is -3.52. The van der Waals surface area contributed by atoms with Gasteiger partial charge in [-0.05, 0) is 29.7 Å². The topological polar surface area (TPSA) is 78.2 Å².